The third-order valence-corrected chi connectivity index (χ3v) is 4.75. The van der Waals surface area contributed by atoms with Gasteiger partial charge in [-0.15, -0.1) is 0 Å². The highest BCUT2D eigenvalue weighted by Gasteiger charge is 2.20. The second-order valence-corrected chi connectivity index (χ2v) is 6.60. The van der Waals surface area contributed by atoms with Gasteiger partial charge < -0.3 is 5.73 Å². The van der Waals surface area contributed by atoms with Crippen molar-refractivity contribution in [2.24, 2.45) is 17.6 Å². The molecular weight excluding hydrogens is 248 g/mol. The van der Waals surface area contributed by atoms with E-state index in [1.165, 1.54) is 32.1 Å². The number of aromatic amines is 1. The maximum atomic E-state index is 5.70. The van der Waals surface area contributed by atoms with Crippen LogP contribution in [0.25, 0.3) is 0 Å². The topological polar surface area (TPSA) is 67.6 Å². The van der Waals surface area contributed by atoms with E-state index >= 15 is 0 Å². The van der Waals surface area contributed by atoms with Crippen molar-refractivity contribution in [2.75, 3.05) is 6.54 Å². The zero-order chi connectivity index (χ0) is 14.4. The Labute approximate surface area is 122 Å². The molecule has 1 heterocycles. The number of rotatable bonds is 7. The van der Waals surface area contributed by atoms with E-state index in [0.717, 1.165) is 37.5 Å². The SMILES string of the molecule is CC(C)C(CCN)CCc1nc(C2CCCCC2)n[nH]1. The highest BCUT2D eigenvalue weighted by molar-refractivity contribution is 4.99. The molecule has 0 aromatic carbocycles. The second kappa shape index (κ2) is 7.77. The lowest BCUT2D eigenvalue weighted by Gasteiger charge is -2.19. The van der Waals surface area contributed by atoms with Gasteiger partial charge in [0.2, 0.25) is 0 Å². The minimum atomic E-state index is 0.596. The molecule has 114 valence electrons. The van der Waals surface area contributed by atoms with Crippen LogP contribution in [0.3, 0.4) is 0 Å². The van der Waals surface area contributed by atoms with Crippen molar-refractivity contribution in [3.05, 3.63) is 11.6 Å². The lowest BCUT2D eigenvalue weighted by atomic mass is 9.88. The standard InChI is InChI=1S/C16H30N4/c1-12(2)13(10-11-17)8-9-15-18-16(20-19-15)14-6-4-3-5-7-14/h12-14H,3-11,17H2,1-2H3,(H,18,19,20). The predicted molar refractivity (Wildman–Crippen MR) is 82.5 cm³/mol. The van der Waals surface area contributed by atoms with Crippen molar-refractivity contribution in [2.45, 2.75) is 71.1 Å². The molecule has 1 aromatic rings. The Bertz CT molecular complexity index is 380. The summed E-state index contributed by atoms with van der Waals surface area (Å²) in [7, 11) is 0. The Hall–Kier alpha value is -0.900. The van der Waals surface area contributed by atoms with Crippen LogP contribution in [0.1, 0.15) is 76.4 Å². The summed E-state index contributed by atoms with van der Waals surface area (Å²) in [6.45, 7) is 5.36. The first kappa shape index (κ1) is 15.5. The maximum Gasteiger partial charge on any atom is 0.153 e. The van der Waals surface area contributed by atoms with Crippen molar-refractivity contribution in [3.63, 3.8) is 0 Å². The fourth-order valence-corrected chi connectivity index (χ4v) is 3.31. The molecule has 1 aliphatic carbocycles. The molecule has 0 saturated heterocycles. The molecule has 1 unspecified atom stereocenters. The summed E-state index contributed by atoms with van der Waals surface area (Å²) in [5, 5.41) is 7.59. The molecule has 1 atom stereocenters. The van der Waals surface area contributed by atoms with E-state index in [4.69, 9.17) is 10.7 Å². The summed E-state index contributed by atoms with van der Waals surface area (Å²) in [5.74, 6) is 4.11. The van der Waals surface area contributed by atoms with E-state index in [1.807, 2.05) is 0 Å². The molecule has 0 bridgehead atoms. The van der Waals surface area contributed by atoms with E-state index in [9.17, 15) is 0 Å². The molecule has 20 heavy (non-hydrogen) atoms. The molecule has 1 aromatic heterocycles. The molecule has 2 rings (SSSR count). The molecule has 4 nitrogen and oxygen atoms in total. The van der Waals surface area contributed by atoms with Gasteiger partial charge in [0.05, 0.1) is 0 Å². The number of aromatic nitrogens is 3. The molecule has 0 amide bonds. The molecule has 0 aliphatic heterocycles. The van der Waals surface area contributed by atoms with E-state index in [0.29, 0.717) is 17.8 Å². The van der Waals surface area contributed by atoms with Crippen LogP contribution in [0, 0.1) is 11.8 Å². The lowest BCUT2D eigenvalue weighted by molar-refractivity contribution is 0.339. The third-order valence-electron chi connectivity index (χ3n) is 4.75. The van der Waals surface area contributed by atoms with Crippen molar-refractivity contribution in [1.29, 1.82) is 0 Å². The van der Waals surface area contributed by atoms with Crippen molar-refractivity contribution < 1.29 is 0 Å². The molecule has 4 heteroatoms. The number of hydrogen-bond acceptors (Lipinski definition) is 3. The zero-order valence-corrected chi connectivity index (χ0v) is 13.1. The monoisotopic (exact) mass is 278 g/mol. The summed E-state index contributed by atoms with van der Waals surface area (Å²) >= 11 is 0. The minimum absolute atomic E-state index is 0.596. The molecule has 1 aliphatic rings. The van der Waals surface area contributed by atoms with Gasteiger partial charge in [0.1, 0.15) is 5.82 Å². The number of nitrogens with two attached hydrogens (primary N) is 1. The van der Waals surface area contributed by atoms with Gasteiger partial charge in [0.25, 0.3) is 0 Å². The van der Waals surface area contributed by atoms with E-state index < -0.39 is 0 Å². The summed E-state index contributed by atoms with van der Waals surface area (Å²) in [6, 6.07) is 0. The Morgan fingerprint density at radius 2 is 1.95 bits per heavy atom. The van der Waals surface area contributed by atoms with E-state index in [1.54, 1.807) is 0 Å². The molecule has 0 spiro atoms. The van der Waals surface area contributed by atoms with Crippen LogP contribution in [0.15, 0.2) is 0 Å². The molecule has 3 N–H and O–H groups in total. The van der Waals surface area contributed by atoms with Gasteiger partial charge >= 0.3 is 0 Å². The first-order valence-electron chi connectivity index (χ1n) is 8.32. The Balaban J connectivity index is 1.85. The number of aryl methyl sites for hydroxylation is 1. The molecular formula is C16H30N4. The predicted octanol–water partition coefficient (Wildman–Crippen LogP) is 3.41. The summed E-state index contributed by atoms with van der Waals surface area (Å²) in [6.07, 6.45) is 9.85. The quantitative estimate of drug-likeness (QED) is 0.803. The fourth-order valence-electron chi connectivity index (χ4n) is 3.31. The molecule has 1 fully saturated rings. The first-order chi connectivity index (χ1) is 9.70. The summed E-state index contributed by atoms with van der Waals surface area (Å²) in [5.41, 5.74) is 5.70. The van der Waals surface area contributed by atoms with Gasteiger partial charge in [-0.3, -0.25) is 5.10 Å². The number of nitrogens with zero attached hydrogens (tertiary/aromatic N) is 2. The van der Waals surface area contributed by atoms with Crippen LogP contribution >= 0.6 is 0 Å². The van der Waals surface area contributed by atoms with Crippen molar-refractivity contribution >= 4 is 0 Å². The Morgan fingerprint density at radius 3 is 2.60 bits per heavy atom. The smallest absolute Gasteiger partial charge is 0.153 e. The number of H-pyrrole nitrogens is 1. The molecule has 1 saturated carbocycles. The van der Waals surface area contributed by atoms with Crippen LogP contribution in [0.4, 0.5) is 0 Å². The summed E-state index contributed by atoms with van der Waals surface area (Å²) in [4.78, 5) is 4.73. The van der Waals surface area contributed by atoms with Crippen LogP contribution in [0.5, 0.6) is 0 Å². The zero-order valence-electron chi connectivity index (χ0n) is 13.1. The maximum absolute atomic E-state index is 5.70. The number of hydrogen-bond donors (Lipinski definition) is 2. The highest BCUT2D eigenvalue weighted by atomic mass is 15.2. The Morgan fingerprint density at radius 1 is 1.20 bits per heavy atom. The van der Waals surface area contributed by atoms with Gasteiger partial charge in [0, 0.05) is 12.3 Å². The van der Waals surface area contributed by atoms with Crippen LogP contribution in [0.2, 0.25) is 0 Å². The lowest BCUT2D eigenvalue weighted by Crippen LogP contribution is -2.15. The normalized spacial score (nSPS) is 18.6. The van der Waals surface area contributed by atoms with Gasteiger partial charge in [-0.25, -0.2) is 4.98 Å². The average molecular weight is 278 g/mol. The van der Waals surface area contributed by atoms with Gasteiger partial charge in [-0.1, -0.05) is 33.1 Å². The van der Waals surface area contributed by atoms with Gasteiger partial charge in [0.15, 0.2) is 5.82 Å². The van der Waals surface area contributed by atoms with Crippen molar-refractivity contribution in [1.82, 2.24) is 15.2 Å². The minimum Gasteiger partial charge on any atom is -0.330 e. The van der Waals surface area contributed by atoms with Gasteiger partial charge in [-0.05, 0) is 44.1 Å². The van der Waals surface area contributed by atoms with Crippen molar-refractivity contribution in [3.8, 4) is 0 Å². The van der Waals surface area contributed by atoms with Crippen LogP contribution in [-0.4, -0.2) is 21.7 Å². The largest absolute Gasteiger partial charge is 0.330 e. The van der Waals surface area contributed by atoms with E-state index in [2.05, 4.69) is 24.0 Å². The average Bonchev–Trinajstić information content (AvgIpc) is 2.93. The van der Waals surface area contributed by atoms with Crippen LogP contribution < -0.4 is 5.73 Å². The van der Waals surface area contributed by atoms with Crippen LogP contribution in [-0.2, 0) is 6.42 Å². The highest BCUT2D eigenvalue weighted by Crippen LogP contribution is 2.30. The fraction of sp³-hybridized carbons (Fsp3) is 0.875. The third kappa shape index (κ3) is 4.30. The summed E-state index contributed by atoms with van der Waals surface area (Å²) < 4.78 is 0. The van der Waals surface area contributed by atoms with Gasteiger partial charge in [-0.2, -0.15) is 5.10 Å². The second-order valence-electron chi connectivity index (χ2n) is 6.60. The Kier molecular flexibility index (Phi) is 6.02. The first-order valence-corrected chi connectivity index (χ1v) is 8.32. The molecule has 0 radical (unpaired) electrons. The number of nitrogens with one attached hydrogen (secondary N) is 1. The van der Waals surface area contributed by atoms with E-state index in [-0.39, 0.29) is 0 Å².